The van der Waals surface area contributed by atoms with Crippen molar-refractivity contribution in [1.29, 1.82) is 0 Å². The molecule has 8 heteroatoms. The first-order valence-corrected chi connectivity index (χ1v) is 12.2. The fraction of sp³-hybridized carbons (Fsp3) is 0.500. The van der Waals surface area contributed by atoms with Gasteiger partial charge in [-0.05, 0) is 62.8 Å². The van der Waals surface area contributed by atoms with Crippen LogP contribution in [0.25, 0.3) is 11.3 Å². The fourth-order valence-corrected chi connectivity index (χ4v) is 5.47. The Kier molecular flexibility index (Phi) is 6.06. The maximum atomic E-state index is 13.4. The van der Waals surface area contributed by atoms with Crippen LogP contribution in [0, 0.1) is 6.92 Å². The molecule has 180 valence electrons. The molecule has 34 heavy (non-hydrogen) atoms. The van der Waals surface area contributed by atoms with E-state index in [1.54, 1.807) is 7.11 Å². The summed E-state index contributed by atoms with van der Waals surface area (Å²) in [5, 5.41) is 7.01. The smallest absolute Gasteiger partial charge is 0.291 e. The van der Waals surface area contributed by atoms with Gasteiger partial charge in [0.15, 0.2) is 11.5 Å². The molecule has 2 heterocycles. The van der Waals surface area contributed by atoms with E-state index < -0.39 is 5.91 Å². The Bertz CT molecular complexity index is 1270. The number of methoxy groups -OCH3 is 1. The molecule has 0 unspecified atom stereocenters. The number of hydrogen-bond acceptors (Lipinski definition) is 5. The van der Waals surface area contributed by atoms with Crippen LogP contribution in [0.4, 0.5) is 5.69 Å². The lowest BCUT2D eigenvalue weighted by Crippen LogP contribution is -2.28. The third-order valence-electron chi connectivity index (χ3n) is 7.43. The van der Waals surface area contributed by atoms with E-state index in [0.29, 0.717) is 17.9 Å². The summed E-state index contributed by atoms with van der Waals surface area (Å²) < 4.78 is 14.8. The number of benzene rings is 1. The molecule has 1 N–H and O–H groups in total. The van der Waals surface area contributed by atoms with Gasteiger partial charge in [0.05, 0.1) is 18.8 Å². The zero-order chi connectivity index (χ0) is 23.8. The van der Waals surface area contributed by atoms with Gasteiger partial charge < -0.3 is 14.6 Å². The average Bonchev–Trinajstić information content (AvgIpc) is 3.11. The number of nitrogens with one attached hydrogen (secondary N) is 1. The van der Waals surface area contributed by atoms with Gasteiger partial charge in [0, 0.05) is 18.2 Å². The zero-order valence-electron chi connectivity index (χ0n) is 20.1. The van der Waals surface area contributed by atoms with Gasteiger partial charge >= 0.3 is 0 Å². The van der Waals surface area contributed by atoms with Crippen LogP contribution in [-0.2, 0) is 19.9 Å². The maximum Gasteiger partial charge on any atom is 0.291 e. The summed E-state index contributed by atoms with van der Waals surface area (Å²) in [6.07, 6.45) is 9.07. The average molecular weight is 465 g/mol. The first-order valence-electron chi connectivity index (χ1n) is 12.2. The lowest BCUT2D eigenvalue weighted by molar-refractivity contribution is 0.101. The van der Waals surface area contributed by atoms with Crippen LogP contribution in [-0.4, -0.2) is 27.5 Å². The number of aryl methyl sites for hydroxylation is 1. The van der Waals surface area contributed by atoms with Crippen molar-refractivity contribution in [3.63, 3.8) is 0 Å². The summed E-state index contributed by atoms with van der Waals surface area (Å²) in [7, 11) is 3.54. The van der Waals surface area contributed by atoms with Crippen LogP contribution < -0.4 is 15.6 Å². The Morgan fingerprint density at radius 2 is 1.91 bits per heavy atom. The number of anilines is 1. The topological polar surface area (TPSA) is 91.3 Å². The molecule has 1 fully saturated rings. The summed E-state index contributed by atoms with van der Waals surface area (Å²) in [5.41, 5.74) is 4.02. The van der Waals surface area contributed by atoms with Gasteiger partial charge in [-0.1, -0.05) is 30.8 Å². The quantitative estimate of drug-likeness (QED) is 0.560. The highest BCUT2D eigenvalue weighted by Crippen LogP contribution is 2.36. The zero-order valence-corrected chi connectivity index (χ0v) is 20.1. The Labute approximate surface area is 198 Å². The summed E-state index contributed by atoms with van der Waals surface area (Å²) >= 11 is 0. The van der Waals surface area contributed by atoms with Crippen molar-refractivity contribution in [2.45, 2.75) is 70.8 Å². The number of aromatic nitrogens is 3. The molecule has 0 saturated heterocycles. The molecule has 1 saturated carbocycles. The molecule has 3 aromatic rings. The van der Waals surface area contributed by atoms with Gasteiger partial charge in [-0.15, -0.1) is 0 Å². The Morgan fingerprint density at radius 3 is 2.65 bits per heavy atom. The van der Waals surface area contributed by atoms with Crippen molar-refractivity contribution in [1.82, 2.24) is 14.5 Å². The monoisotopic (exact) mass is 464 g/mol. The molecular formula is C26H32N4O4. The van der Waals surface area contributed by atoms with Gasteiger partial charge in [-0.25, -0.2) is 4.68 Å². The van der Waals surface area contributed by atoms with Gasteiger partial charge in [-0.2, -0.15) is 0 Å². The molecule has 1 aromatic carbocycles. The Balaban J connectivity index is 1.46. The SMILES string of the molecule is COc1ccc2c(c1)CCCc1c(C(=O)Nc3c(C)n(C)n(C4CCCCCC4)c3=O)noc1-2. The van der Waals surface area contributed by atoms with E-state index in [0.717, 1.165) is 66.7 Å². The first-order chi connectivity index (χ1) is 16.5. The molecule has 0 radical (unpaired) electrons. The lowest BCUT2D eigenvalue weighted by Gasteiger charge is -2.18. The van der Waals surface area contributed by atoms with E-state index in [1.807, 2.05) is 41.5 Å². The molecule has 0 bridgehead atoms. The maximum absolute atomic E-state index is 13.4. The molecule has 5 rings (SSSR count). The minimum atomic E-state index is -0.402. The standard InChI is InChI=1S/C26H32N4O4/c1-16-22(26(32)30(29(16)2)18-10-6-4-5-7-11-18)27-25(31)23-21-12-8-9-17-15-19(33-3)13-14-20(17)24(21)34-28-23/h13-15,18H,4-12H2,1-3H3,(H,27,31). The molecule has 1 amide bonds. The summed E-state index contributed by atoms with van der Waals surface area (Å²) in [6.45, 7) is 1.87. The largest absolute Gasteiger partial charge is 0.497 e. The summed E-state index contributed by atoms with van der Waals surface area (Å²) in [4.78, 5) is 26.7. The van der Waals surface area contributed by atoms with E-state index in [1.165, 1.54) is 12.8 Å². The number of carbonyl (C=O) groups is 1. The molecule has 2 aliphatic rings. The Morgan fingerprint density at radius 1 is 1.15 bits per heavy atom. The van der Waals surface area contributed by atoms with Crippen LogP contribution in [0.1, 0.15) is 78.3 Å². The number of rotatable bonds is 4. The predicted molar refractivity (Wildman–Crippen MR) is 130 cm³/mol. The lowest BCUT2D eigenvalue weighted by atomic mass is 10.0. The van der Waals surface area contributed by atoms with E-state index in [9.17, 15) is 9.59 Å². The Hall–Kier alpha value is -3.29. The van der Waals surface area contributed by atoms with Crippen molar-refractivity contribution in [3.05, 3.63) is 51.1 Å². The second-order valence-electron chi connectivity index (χ2n) is 9.45. The number of carbonyl (C=O) groups excluding carboxylic acids is 1. The molecular weight excluding hydrogens is 432 g/mol. The molecule has 0 aliphatic heterocycles. The van der Waals surface area contributed by atoms with Crippen LogP contribution in [0.15, 0.2) is 27.5 Å². The van der Waals surface area contributed by atoms with Gasteiger partial charge in [0.25, 0.3) is 11.5 Å². The van der Waals surface area contributed by atoms with Crippen LogP contribution in [0.5, 0.6) is 5.75 Å². The second-order valence-corrected chi connectivity index (χ2v) is 9.45. The predicted octanol–water partition coefficient (Wildman–Crippen LogP) is 4.80. The van der Waals surface area contributed by atoms with Crippen molar-refractivity contribution >= 4 is 11.6 Å². The number of nitrogens with zero attached hydrogens (tertiary/aromatic N) is 3. The fourth-order valence-electron chi connectivity index (χ4n) is 5.47. The molecule has 2 aliphatic carbocycles. The third-order valence-corrected chi connectivity index (χ3v) is 7.43. The van der Waals surface area contributed by atoms with E-state index in [4.69, 9.17) is 9.26 Å². The van der Waals surface area contributed by atoms with Crippen molar-refractivity contribution < 1.29 is 14.1 Å². The highest BCUT2D eigenvalue weighted by Gasteiger charge is 2.29. The minimum absolute atomic E-state index is 0.146. The highest BCUT2D eigenvalue weighted by atomic mass is 16.5. The van der Waals surface area contributed by atoms with Gasteiger partial charge in [0.2, 0.25) is 0 Å². The number of hydrogen-bond donors (Lipinski definition) is 1. The van der Waals surface area contributed by atoms with Crippen LogP contribution in [0.3, 0.4) is 0 Å². The second kappa shape index (κ2) is 9.16. The summed E-state index contributed by atoms with van der Waals surface area (Å²) in [5.74, 6) is 1.02. The van der Waals surface area contributed by atoms with Gasteiger partial charge in [-0.3, -0.25) is 14.3 Å². The molecule has 8 nitrogen and oxygen atoms in total. The van der Waals surface area contributed by atoms with Crippen molar-refractivity contribution in [2.24, 2.45) is 7.05 Å². The third kappa shape index (κ3) is 3.85. The van der Waals surface area contributed by atoms with Gasteiger partial charge in [0.1, 0.15) is 11.4 Å². The van der Waals surface area contributed by atoms with E-state index in [-0.39, 0.29) is 17.3 Å². The van der Waals surface area contributed by atoms with Crippen molar-refractivity contribution in [2.75, 3.05) is 12.4 Å². The number of amides is 1. The van der Waals surface area contributed by atoms with Crippen LogP contribution in [0.2, 0.25) is 0 Å². The molecule has 0 spiro atoms. The number of ether oxygens (including phenoxy) is 1. The van der Waals surface area contributed by atoms with E-state index in [2.05, 4.69) is 10.5 Å². The van der Waals surface area contributed by atoms with Crippen molar-refractivity contribution in [3.8, 4) is 17.1 Å². The normalized spacial score (nSPS) is 16.3. The first kappa shape index (κ1) is 22.5. The van der Waals surface area contributed by atoms with Crippen LogP contribution >= 0.6 is 0 Å². The highest BCUT2D eigenvalue weighted by molar-refractivity contribution is 6.05. The van der Waals surface area contributed by atoms with E-state index >= 15 is 0 Å². The molecule has 2 aromatic heterocycles. The molecule has 0 atom stereocenters. The number of fused-ring (bicyclic) bond motifs is 3. The minimum Gasteiger partial charge on any atom is -0.497 e. The summed E-state index contributed by atoms with van der Waals surface area (Å²) in [6, 6.07) is 6.02.